The van der Waals surface area contributed by atoms with Crippen LogP contribution in [0.4, 0.5) is 9.18 Å². The predicted octanol–water partition coefficient (Wildman–Crippen LogP) is 9.03. The van der Waals surface area contributed by atoms with Gasteiger partial charge in [0.25, 0.3) is 5.91 Å². The van der Waals surface area contributed by atoms with Gasteiger partial charge < -0.3 is 25.1 Å². The number of carbonyl (C=O) groups excluding carboxylic acids is 2. The molecular weight excluding hydrogens is 593 g/mol. The zero-order valence-corrected chi connectivity index (χ0v) is 27.4. The average molecular weight is 636 g/mol. The van der Waals surface area contributed by atoms with E-state index in [1.807, 2.05) is 93.6 Å². The van der Waals surface area contributed by atoms with Gasteiger partial charge in [-0.25, -0.2) is 9.18 Å². The lowest BCUT2D eigenvalue weighted by atomic mass is 9.97. The first-order valence-corrected chi connectivity index (χ1v) is 16.1. The molecule has 0 bridgehead atoms. The molecule has 7 nitrogen and oxygen atoms in total. The number of benzene rings is 4. The van der Waals surface area contributed by atoms with Crippen LogP contribution in [0.25, 0.3) is 33.2 Å². The topological polar surface area (TPSA) is 92.5 Å². The Morgan fingerprint density at radius 3 is 2.34 bits per heavy atom. The predicted molar refractivity (Wildman–Crippen MR) is 185 cm³/mol. The largest absolute Gasteiger partial charge is 0.489 e. The molecule has 0 radical (unpaired) electrons. The molecule has 0 aliphatic heterocycles. The Balaban J connectivity index is 1.47. The van der Waals surface area contributed by atoms with E-state index in [1.165, 1.54) is 12.1 Å². The van der Waals surface area contributed by atoms with Crippen molar-refractivity contribution in [1.29, 1.82) is 0 Å². The SMILES string of the molecule is CCCC[C@@H](CNC(=O)c1[nH]c2ccc(-c3ccc(F)cc3)cc2c1-c1cccc(OCc2ccccc2)c1)NC(=O)OC(C)(C)C. The van der Waals surface area contributed by atoms with E-state index in [1.54, 1.807) is 12.1 Å². The van der Waals surface area contributed by atoms with Crippen LogP contribution in [0.2, 0.25) is 0 Å². The van der Waals surface area contributed by atoms with Crippen LogP contribution < -0.4 is 15.4 Å². The van der Waals surface area contributed by atoms with E-state index in [9.17, 15) is 14.0 Å². The zero-order valence-electron chi connectivity index (χ0n) is 27.4. The Labute approximate surface area is 275 Å². The Morgan fingerprint density at radius 1 is 0.872 bits per heavy atom. The van der Waals surface area contributed by atoms with Crippen LogP contribution in [-0.2, 0) is 11.3 Å². The van der Waals surface area contributed by atoms with Crippen molar-refractivity contribution < 1.29 is 23.5 Å². The fourth-order valence-corrected chi connectivity index (χ4v) is 5.42. The molecule has 0 saturated heterocycles. The number of nitrogens with one attached hydrogen (secondary N) is 3. The number of fused-ring (bicyclic) bond motifs is 1. The number of ether oxygens (including phenoxy) is 2. The van der Waals surface area contributed by atoms with Crippen molar-refractivity contribution in [1.82, 2.24) is 15.6 Å². The van der Waals surface area contributed by atoms with Crippen molar-refractivity contribution in [2.24, 2.45) is 0 Å². The van der Waals surface area contributed by atoms with Crippen LogP contribution in [-0.4, -0.2) is 35.2 Å². The molecule has 0 saturated carbocycles. The van der Waals surface area contributed by atoms with Gasteiger partial charge in [-0.3, -0.25) is 4.79 Å². The molecule has 47 heavy (non-hydrogen) atoms. The molecule has 244 valence electrons. The Hall–Kier alpha value is -5.11. The van der Waals surface area contributed by atoms with Crippen LogP contribution in [0.3, 0.4) is 0 Å². The number of hydrogen-bond acceptors (Lipinski definition) is 4. The van der Waals surface area contributed by atoms with Gasteiger partial charge in [-0.2, -0.15) is 0 Å². The van der Waals surface area contributed by atoms with Gasteiger partial charge in [0.15, 0.2) is 0 Å². The maximum Gasteiger partial charge on any atom is 0.407 e. The Bertz CT molecular complexity index is 1810. The normalized spacial score (nSPS) is 12.0. The van der Waals surface area contributed by atoms with Crippen LogP contribution in [0.15, 0.2) is 97.1 Å². The zero-order chi connectivity index (χ0) is 33.4. The van der Waals surface area contributed by atoms with Gasteiger partial charge in [-0.15, -0.1) is 0 Å². The van der Waals surface area contributed by atoms with Crippen molar-refractivity contribution in [3.8, 4) is 28.0 Å². The molecule has 5 aromatic rings. The van der Waals surface area contributed by atoms with Crippen molar-refractivity contribution >= 4 is 22.9 Å². The highest BCUT2D eigenvalue weighted by atomic mass is 19.1. The number of halogens is 1. The first kappa shape index (κ1) is 33.3. The molecule has 0 fully saturated rings. The number of aromatic nitrogens is 1. The lowest BCUT2D eigenvalue weighted by Gasteiger charge is -2.24. The third-order valence-corrected chi connectivity index (χ3v) is 7.71. The summed E-state index contributed by atoms with van der Waals surface area (Å²) < 4.78 is 25.3. The van der Waals surface area contributed by atoms with Crippen LogP contribution in [0.5, 0.6) is 5.75 Å². The van der Waals surface area contributed by atoms with Crippen molar-refractivity contribution in [2.75, 3.05) is 6.54 Å². The molecule has 0 aliphatic carbocycles. The summed E-state index contributed by atoms with van der Waals surface area (Å²) in [5, 5.41) is 6.81. The number of carbonyl (C=O) groups is 2. The highest BCUT2D eigenvalue weighted by Crippen LogP contribution is 2.37. The van der Waals surface area contributed by atoms with Gasteiger partial charge in [-0.05, 0) is 85.8 Å². The summed E-state index contributed by atoms with van der Waals surface area (Å²) in [5.41, 5.74) is 4.86. The number of aromatic amines is 1. The van der Waals surface area contributed by atoms with E-state index in [2.05, 4.69) is 22.5 Å². The summed E-state index contributed by atoms with van der Waals surface area (Å²) in [7, 11) is 0. The van der Waals surface area contributed by atoms with Gasteiger partial charge in [0.05, 0.1) is 0 Å². The average Bonchev–Trinajstić information content (AvgIpc) is 3.44. The number of H-pyrrole nitrogens is 1. The molecule has 2 amide bonds. The van der Waals surface area contributed by atoms with E-state index >= 15 is 0 Å². The minimum absolute atomic E-state index is 0.230. The molecular formula is C39H42FN3O4. The van der Waals surface area contributed by atoms with Gasteiger partial charge in [-0.1, -0.05) is 80.4 Å². The minimum atomic E-state index is -0.631. The fourth-order valence-electron chi connectivity index (χ4n) is 5.42. The van der Waals surface area contributed by atoms with Crippen LogP contribution >= 0.6 is 0 Å². The van der Waals surface area contributed by atoms with Gasteiger partial charge >= 0.3 is 6.09 Å². The number of amides is 2. The second-order valence-electron chi connectivity index (χ2n) is 12.6. The second kappa shape index (κ2) is 15.0. The molecule has 1 heterocycles. The molecule has 5 rings (SSSR count). The molecule has 8 heteroatoms. The lowest BCUT2D eigenvalue weighted by molar-refractivity contribution is 0.0498. The summed E-state index contributed by atoms with van der Waals surface area (Å²) in [6, 6.07) is 29.5. The third kappa shape index (κ3) is 9.00. The highest BCUT2D eigenvalue weighted by Gasteiger charge is 2.23. The Morgan fingerprint density at radius 2 is 1.62 bits per heavy atom. The Kier molecular flexibility index (Phi) is 10.6. The van der Waals surface area contributed by atoms with Crippen LogP contribution in [0.1, 0.15) is 63.0 Å². The molecule has 0 aliphatic rings. The first-order chi connectivity index (χ1) is 22.6. The number of rotatable bonds is 12. The number of hydrogen-bond donors (Lipinski definition) is 3. The van der Waals surface area contributed by atoms with Crippen molar-refractivity contribution in [3.05, 3.63) is 114 Å². The van der Waals surface area contributed by atoms with E-state index in [4.69, 9.17) is 9.47 Å². The van der Waals surface area contributed by atoms with E-state index < -0.39 is 11.7 Å². The summed E-state index contributed by atoms with van der Waals surface area (Å²) in [6.45, 7) is 8.16. The number of unbranched alkanes of at least 4 members (excludes halogenated alkanes) is 1. The molecule has 1 aromatic heterocycles. The van der Waals surface area contributed by atoms with E-state index in [-0.39, 0.29) is 24.3 Å². The second-order valence-corrected chi connectivity index (χ2v) is 12.6. The minimum Gasteiger partial charge on any atom is -0.489 e. The van der Waals surface area contributed by atoms with Gasteiger partial charge in [0, 0.05) is 29.1 Å². The summed E-state index contributed by atoms with van der Waals surface area (Å²) in [6.07, 6.45) is 2.01. The van der Waals surface area contributed by atoms with E-state index in [0.29, 0.717) is 24.5 Å². The smallest absolute Gasteiger partial charge is 0.407 e. The maximum atomic E-state index is 13.9. The summed E-state index contributed by atoms with van der Waals surface area (Å²) >= 11 is 0. The van der Waals surface area contributed by atoms with Gasteiger partial charge in [0.1, 0.15) is 29.5 Å². The molecule has 0 spiro atoms. The highest BCUT2D eigenvalue weighted by molar-refractivity contribution is 6.10. The summed E-state index contributed by atoms with van der Waals surface area (Å²) in [5.74, 6) is 0.0624. The quantitative estimate of drug-likeness (QED) is 0.128. The summed E-state index contributed by atoms with van der Waals surface area (Å²) in [4.78, 5) is 29.8. The van der Waals surface area contributed by atoms with Crippen LogP contribution in [0, 0.1) is 5.82 Å². The van der Waals surface area contributed by atoms with E-state index in [0.717, 1.165) is 51.6 Å². The van der Waals surface area contributed by atoms with Crippen molar-refractivity contribution in [3.63, 3.8) is 0 Å². The molecule has 4 aromatic carbocycles. The first-order valence-electron chi connectivity index (χ1n) is 16.1. The molecule has 3 N–H and O–H groups in total. The van der Waals surface area contributed by atoms with Gasteiger partial charge in [0.2, 0.25) is 0 Å². The number of alkyl carbamates (subject to hydrolysis) is 1. The van der Waals surface area contributed by atoms with Crippen molar-refractivity contribution in [2.45, 2.75) is 65.2 Å². The monoisotopic (exact) mass is 635 g/mol. The third-order valence-electron chi connectivity index (χ3n) is 7.71. The molecule has 1 atom stereocenters. The fraction of sp³-hybridized carbons (Fsp3) is 0.282. The maximum absolute atomic E-state index is 13.9. The standard InChI is InChI=1S/C39H42FN3O4/c1-5-6-14-31(42-38(45)47-39(2,3)4)24-41-37(44)36-35(29-13-10-15-32(22-29)46-25-26-11-8-7-9-12-26)33-23-28(18-21-34(33)43-36)27-16-19-30(40)20-17-27/h7-13,15-23,31,43H,5-6,14,24-25H2,1-4H3,(H,41,44)(H,42,45)/t31-/m0/s1. The molecule has 0 unspecified atom stereocenters. The lowest BCUT2D eigenvalue weighted by Crippen LogP contribution is -2.45.